The lowest BCUT2D eigenvalue weighted by Crippen LogP contribution is -2.37. The van der Waals surface area contributed by atoms with Gasteiger partial charge in [0.15, 0.2) is 0 Å². The van der Waals surface area contributed by atoms with E-state index in [0.717, 1.165) is 48.0 Å². The molecule has 2 aromatic carbocycles. The average Bonchev–Trinajstić information content (AvgIpc) is 3.13. The Morgan fingerprint density at radius 1 is 1.08 bits per heavy atom. The van der Waals surface area contributed by atoms with Gasteiger partial charge in [0.1, 0.15) is 5.75 Å². The number of anilines is 1. The number of amides is 1. The molecule has 1 aliphatic carbocycles. The fraction of sp³-hybridized carbons (Fsp3) is 0.350. The molecule has 1 fully saturated rings. The molecule has 1 amide bonds. The van der Waals surface area contributed by atoms with Crippen LogP contribution < -0.4 is 10.1 Å². The monoisotopic (exact) mass is 421 g/mol. The lowest BCUT2D eigenvalue weighted by molar-refractivity contribution is -0.121. The van der Waals surface area contributed by atoms with E-state index >= 15 is 0 Å². The van der Waals surface area contributed by atoms with Gasteiger partial charge in [-0.15, -0.1) is 0 Å². The summed E-state index contributed by atoms with van der Waals surface area (Å²) in [6.45, 7) is 0.616. The molecular formula is C20H21BrClNO2. The van der Waals surface area contributed by atoms with Crippen LogP contribution in [0.3, 0.4) is 0 Å². The standard InChI is InChI=1S/C20H21BrClNO2/c21-13-14-25-18-9-7-17(8-10-18)23-19(24)20(11-1-2-12-20)15-3-5-16(22)6-4-15/h3-10H,1-2,11-14H2,(H,23,24). The molecule has 0 spiro atoms. The van der Waals surface area contributed by atoms with E-state index in [1.165, 1.54) is 0 Å². The first-order chi connectivity index (χ1) is 12.1. The van der Waals surface area contributed by atoms with Gasteiger partial charge < -0.3 is 10.1 Å². The molecule has 0 aromatic heterocycles. The van der Waals surface area contributed by atoms with Gasteiger partial charge in [0.25, 0.3) is 0 Å². The van der Waals surface area contributed by atoms with Crippen molar-refractivity contribution in [3.63, 3.8) is 0 Å². The number of halogens is 2. The maximum Gasteiger partial charge on any atom is 0.235 e. The number of nitrogens with one attached hydrogen (secondary N) is 1. The molecule has 25 heavy (non-hydrogen) atoms. The molecule has 5 heteroatoms. The van der Waals surface area contributed by atoms with Gasteiger partial charge in [-0.05, 0) is 54.8 Å². The summed E-state index contributed by atoms with van der Waals surface area (Å²) in [5.41, 5.74) is 1.37. The summed E-state index contributed by atoms with van der Waals surface area (Å²) in [6, 6.07) is 15.2. The van der Waals surface area contributed by atoms with Crippen LogP contribution in [0.5, 0.6) is 5.75 Å². The number of hydrogen-bond donors (Lipinski definition) is 1. The summed E-state index contributed by atoms with van der Waals surface area (Å²) < 4.78 is 5.54. The maximum atomic E-state index is 13.1. The minimum Gasteiger partial charge on any atom is -0.493 e. The summed E-state index contributed by atoms with van der Waals surface area (Å²) in [5, 5.41) is 4.56. The normalized spacial score (nSPS) is 15.8. The second-order valence-electron chi connectivity index (χ2n) is 6.31. The fourth-order valence-corrected chi connectivity index (χ4v) is 3.72. The Kier molecular flexibility index (Phi) is 6.02. The summed E-state index contributed by atoms with van der Waals surface area (Å²) in [6.07, 6.45) is 3.87. The number of carbonyl (C=O) groups excluding carboxylic acids is 1. The lowest BCUT2D eigenvalue weighted by Gasteiger charge is -2.28. The first-order valence-electron chi connectivity index (χ1n) is 8.50. The Morgan fingerprint density at radius 2 is 1.72 bits per heavy atom. The molecule has 0 heterocycles. The zero-order valence-electron chi connectivity index (χ0n) is 13.9. The zero-order chi connectivity index (χ0) is 17.7. The number of rotatable bonds is 6. The third-order valence-corrected chi connectivity index (χ3v) is 5.32. The third-order valence-electron chi connectivity index (χ3n) is 4.75. The molecule has 3 nitrogen and oxygen atoms in total. The van der Waals surface area contributed by atoms with Gasteiger partial charge in [-0.1, -0.05) is 52.5 Å². The SMILES string of the molecule is O=C(Nc1ccc(OCCBr)cc1)C1(c2ccc(Cl)cc2)CCCC1. The van der Waals surface area contributed by atoms with Crippen molar-refractivity contribution >= 4 is 39.1 Å². The molecule has 2 aromatic rings. The van der Waals surface area contributed by atoms with E-state index in [1.807, 2.05) is 48.5 Å². The van der Waals surface area contributed by atoms with E-state index < -0.39 is 5.41 Å². The van der Waals surface area contributed by atoms with Gasteiger partial charge >= 0.3 is 0 Å². The molecule has 3 rings (SSSR count). The second-order valence-corrected chi connectivity index (χ2v) is 7.54. The van der Waals surface area contributed by atoms with E-state index in [2.05, 4.69) is 21.2 Å². The highest BCUT2D eigenvalue weighted by molar-refractivity contribution is 9.09. The van der Waals surface area contributed by atoms with Crippen molar-refractivity contribution in [1.29, 1.82) is 0 Å². The van der Waals surface area contributed by atoms with Crippen molar-refractivity contribution in [2.24, 2.45) is 0 Å². The van der Waals surface area contributed by atoms with Crippen LogP contribution in [-0.4, -0.2) is 17.8 Å². The number of carbonyl (C=O) groups is 1. The van der Waals surface area contributed by atoms with E-state index in [9.17, 15) is 4.79 Å². The van der Waals surface area contributed by atoms with Crippen LogP contribution in [0, 0.1) is 0 Å². The molecule has 1 N–H and O–H groups in total. The maximum absolute atomic E-state index is 13.1. The van der Waals surface area contributed by atoms with E-state index in [1.54, 1.807) is 0 Å². The van der Waals surface area contributed by atoms with Crippen molar-refractivity contribution in [2.75, 3.05) is 17.3 Å². The molecule has 0 aliphatic heterocycles. The summed E-state index contributed by atoms with van der Waals surface area (Å²) >= 11 is 9.34. The van der Waals surface area contributed by atoms with Crippen molar-refractivity contribution in [3.8, 4) is 5.75 Å². The molecule has 0 radical (unpaired) electrons. The van der Waals surface area contributed by atoms with Crippen molar-refractivity contribution in [2.45, 2.75) is 31.1 Å². The molecule has 132 valence electrons. The van der Waals surface area contributed by atoms with Crippen LogP contribution in [0.2, 0.25) is 5.02 Å². The second kappa shape index (κ2) is 8.24. The summed E-state index contributed by atoms with van der Waals surface area (Å²) in [5.74, 6) is 0.854. The van der Waals surface area contributed by atoms with Crippen LogP contribution in [0.15, 0.2) is 48.5 Å². The largest absolute Gasteiger partial charge is 0.493 e. The Hall–Kier alpha value is -1.52. The predicted molar refractivity (Wildman–Crippen MR) is 106 cm³/mol. The molecular weight excluding hydrogens is 402 g/mol. The Morgan fingerprint density at radius 3 is 2.32 bits per heavy atom. The summed E-state index contributed by atoms with van der Waals surface area (Å²) in [4.78, 5) is 13.1. The number of alkyl halides is 1. The molecule has 0 unspecified atom stereocenters. The predicted octanol–water partition coefficient (Wildman–Crippen LogP) is 5.56. The van der Waals surface area contributed by atoms with Crippen LogP contribution in [0.1, 0.15) is 31.2 Å². The Labute approximate surface area is 161 Å². The van der Waals surface area contributed by atoms with Gasteiger partial charge in [-0.3, -0.25) is 4.79 Å². The van der Waals surface area contributed by atoms with Gasteiger partial charge in [0.05, 0.1) is 12.0 Å². The number of benzene rings is 2. The van der Waals surface area contributed by atoms with Gasteiger partial charge in [0, 0.05) is 16.0 Å². The number of hydrogen-bond acceptors (Lipinski definition) is 2. The van der Waals surface area contributed by atoms with Gasteiger partial charge in [0.2, 0.25) is 5.91 Å². The average molecular weight is 423 g/mol. The quantitative estimate of drug-likeness (QED) is 0.619. The van der Waals surface area contributed by atoms with E-state index in [0.29, 0.717) is 11.6 Å². The van der Waals surface area contributed by atoms with Crippen molar-refractivity contribution < 1.29 is 9.53 Å². The highest BCUT2D eigenvalue weighted by Crippen LogP contribution is 2.42. The van der Waals surface area contributed by atoms with Crippen LogP contribution >= 0.6 is 27.5 Å². The van der Waals surface area contributed by atoms with E-state index in [4.69, 9.17) is 16.3 Å². The minimum atomic E-state index is -0.463. The van der Waals surface area contributed by atoms with Crippen LogP contribution in [-0.2, 0) is 10.2 Å². The Bertz CT molecular complexity index is 709. The smallest absolute Gasteiger partial charge is 0.235 e. The fourth-order valence-electron chi connectivity index (χ4n) is 3.44. The zero-order valence-corrected chi connectivity index (χ0v) is 16.3. The number of ether oxygens (including phenoxy) is 1. The van der Waals surface area contributed by atoms with Crippen molar-refractivity contribution in [3.05, 3.63) is 59.1 Å². The van der Waals surface area contributed by atoms with Crippen LogP contribution in [0.25, 0.3) is 0 Å². The lowest BCUT2D eigenvalue weighted by atomic mass is 9.78. The highest BCUT2D eigenvalue weighted by atomic mass is 79.9. The molecule has 1 aliphatic rings. The highest BCUT2D eigenvalue weighted by Gasteiger charge is 2.42. The molecule has 0 saturated heterocycles. The van der Waals surface area contributed by atoms with Gasteiger partial charge in [-0.25, -0.2) is 0 Å². The van der Waals surface area contributed by atoms with E-state index in [-0.39, 0.29) is 5.91 Å². The third kappa shape index (κ3) is 4.18. The first kappa shape index (κ1) is 18.3. The molecule has 1 saturated carbocycles. The molecule has 0 bridgehead atoms. The van der Waals surface area contributed by atoms with Crippen LogP contribution in [0.4, 0.5) is 5.69 Å². The minimum absolute atomic E-state index is 0.0569. The van der Waals surface area contributed by atoms with Crippen molar-refractivity contribution in [1.82, 2.24) is 0 Å². The molecule has 0 atom stereocenters. The summed E-state index contributed by atoms with van der Waals surface area (Å²) in [7, 11) is 0. The first-order valence-corrected chi connectivity index (χ1v) is 10.0. The van der Waals surface area contributed by atoms with Gasteiger partial charge in [-0.2, -0.15) is 0 Å². The topological polar surface area (TPSA) is 38.3 Å². The Balaban J connectivity index is 1.76.